The van der Waals surface area contributed by atoms with Crippen molar-refractivity contribution in [2.75, 3.05) is 0 Å². The fourth-order valence-electron chi connectivity index (χ4n) is 3.19. The average molecular weight is 402 g/mol. The molecule has 160 valence electrons. The fourth-order valence-corrected chi connectivity index (χ4v) is 3.19. The Bertz CT molecular complexity index is 847. The summed E-state index contributed by atoms with van der Waals surface area (Å²) in [4.78, 5) is 0. The number of rotatable bonds is 6. The fraction of sp³-hybridized carbons (Fsp3) is 0.345. The maximum Gasteiger partial charge on any atom is 0.0991 e. The van der Waals surface area contributed by atoms with Gasteiger partial charge < -0.3 is 0 Å². The van der Waals surface area contributed by atoms with Crippen LogP contribution in [0.4, 0.5) is 0 Å². The van der Waals surface area contributed by atoms with E-state index in [0.717, 1.165) is 35.1 Å². The van der Waals surface area contributed by atoms with Crippen molar-refractivity contribution in [3.05, 3.63) is 107 Å². The van der Waals surface area contributed by atoms with Gasteiger partial charge in [0.2, 0.25) is 0 Å². The van der Waals surface area contributed by atoms with Crippen LogP contribution in [0.2, 0.25) is 0 Å². The van der Waals surface area contributed by atoms with E-state index in [2.05, 4.69) is 81.6 Å². The molecule has 0 bridgehead atoms. The lowest BCUT2D eigenvalue weighted by Crippen LogP contribution is -2.01. The van der Waals surface area contributed by atoms with Gasteiger partial charge in [-0.3, -0.25) is 0 Å². The molecule has 0 aliphatic heterocycles. The maximum atomic E-state index is 9.23. The lowest BCUT2D eigenvalue weighted by Gasteiger charge is -2.17. The Balaban J connectivity index is 0.000000696. The van der Waals surface area contributed by atoms with Crippen LogP contribution < -0.4 is 0 Å². The Kier molecular flexibility index (Phi) is 13.6. The van der Waals surface area contributed by atoms with Gasteiger partial charge in [-0.05, 0) is 56.2 Å². The molecule has 1 atom stereocenters. The minimum absolute atomic E-state index is 0.291. The Morgan fingerprint density at radius 3 is 2.10 bits per heavy atom. The van der Waals surface area contributed by atoms with E-state index < -0.39 is 0 Å². The van der Waals surface area contributed by atoms with E-state index in [1.807, 2.05) is 40.7 Å². The monoisotopic (exact) mass is 401 g/mol. The summed E-state index contributed by atoms with van der Waals surface area (Å²) in [7, 11) is 0. The molecule has 1 aliphatic carbocycles. The number of allylic oxidation sites excluding steroid dienone is 10. The minimum atomic E-state index is 0.291. The molecular formula is C29H39N. The van der Waals surface area contributed by atoms with Gasteiger partial charge in [0.15, 0.2) is 0 Å². The molecule has 1 heteroatoms. The minimum Gasteiger partial charge on any atom is -0.192 e. The lowest BCUT2D eigenvalue weighted by molar-refractivity contribution is 0.834. The predicted octanol–water partition coefficient (Wildman–Crippen LogP) is 8.70. The molecule has 0 saturated carbocycles. The number of nitrogens with zero attached hydrogens (tertiary/aromatic N) is 1. The van der Waals surface area contributed by atoms with Crippen molar-refractivity contribution >= 4 is 0 Å². The molecule has 0 radical (unpaired) electrons. The van der Waals surface area contributed by atoms with Crippen molar-refractivity contribution in [3.8, 4) is 6.07 Å². The zero-order chi connectivity index (χ0) is 23.1. The first kappa shape index (κ1) is 27.2. The van der Waals surface area contributed by atoms with Gasteiger partial charge in [-0.15, -0.1) is 0 Å². The number of aryl methyl sites for hydroxylation is 1. The SMILES string of the molecule is C=C(C)C(=C(C)C)/C(=C\C(C)C1=CC=CC1)C(=C)C#N.CC.CCc1ccccc1. The van der Waals surface area contributed by atoms with Crippen LogP contribution in [0.3, 0.4) is 0 Å². The van der Waals surface area contributed by atoms with Crippen LogP contribution in [-0.2, 0) is 6.42 Å². The molecule has 1 aromatic carbocycles. The van der Waals surface area contributed by atoms with Gasteiger partial charge >= 0.3 is 0 Å². The number of hydrogen-bond acceptors (Lipinski definition) is 1. The number of hydrogen-bond donors (Lipinski definition) is 0. The smallest absolute Gasteiger partial charge is 0.0991 e. The summed E-state index contributed by atoms with van der Waals surface area (Å²) in [6.07, 6.45) is 10.7. The van der Waals surface area contributed by atoms with Gasteiger partial charge in [0.25, 0.3) is 0 Å². The quantitative estimate of drug-likeness (QED) is 0.345. The topological polar surface area (TPSA) is 23.8 Å². The van der Waals surface area contributed by atoms with Crippen LogP contribution in [-0.4, -0.2) is 0 Å². The molecular weight excluding hydrogens is 362 g/mol. The molecule has 0 saturated heterocycles. The lowest BCUT2D eigenvalue weighted by atomic mass is 9.87. The van der Waals surface area contributed by atoms with Crippen molar-refractivity contribution in [1.82, 2.24) is 0 Å². The number of nitriles is 1. The summed E-state index contributed by atoms with van der Waals surface area (Å²) in [5.74, 6) is 0.291. The van der Waals surface area contributed by atoms with E-state index in [9.17, 15) is 5.26 Å². The van der Waals surface area contributed by atoms with Gasteiger partial charge in [0, 0.05) is 0 Å². The van der Waals surface area contributed by atoms with Gasteiger partial charge in [-0.2, -0.15) is 5.26 Å². The van der Waals surface area contributed by atoms with E-state index in [1.165, 1.54) is 11.1 Å². The summed E-state index contributed by atoms with van der Waals surface area (Å²) in [6.45, 7) is 22.3. The highest BCUT2D eigenvalue weighted by Crippen LogP contribution is 2.31. The Morgan fingerprint density at radius 2 is 1.73 bits per heavy atom. The largest absolute Gasteiger partial charge is 0.192 e. The molecule has 1 aromatic rings. The third kappa shape index (κ3) is 9.10. The van der Waals surface area contributed by atoms with Crippen molar-refractivity contribution in [3.63, 3.8) is 0 Å². The molecule has 0 spiro atoms. The summed E-state index contributed by atoms with van der Waals surface area (Å²) >= 11 is 0. The average Bonchev–Trinajstić information content (AvgIpc) is 3.29. The maximum absolute atomic E-state index is 9.23. The molecule has 2 rings (SSSR count). The van der Waals surface area contributed by atoms with Crippen LogP contribution in [0.25, 0.3) is 0 Å². The molecule has 1 aliphatic rings. The van der Waals surface area contributed by atoms with Crippen molar-refractivity contribution in [2.24, 2.45) is 5.92 Å². The van der Waals surface area contributed by atoms with Gasteiger partial charge in [-0.1, -0.05) is 112 Å². The first-order chi connectivity index (χ1) is 14.3. The third-order valence-electron chi connectivity index (χ3n) is 4.71. The molecule has 1 nitrogen and oxygen atoms in total. The summed E-state index contributed by atoms with van der Waals surface area (Å²) in [5, 5.41) is 9.23. The van der Waals surface area contributed by atoms with Crippen LogP contribution >= 0.6 is 0 Å². The van der Waals surface area contributed by atoms with Gasteiger partial charge in [0.05, 0.1) is 11.6 Å². The van der Waals surface area contributed by atoms with E-state index in [4.69, 9.17) is 0 Å². The Labute approximate surface area is 185 Å². The molecule has 1 unspecified atom stereocenters. The second-order valence-electron chi connectivity index (χ2n) is 7.33. The van der Waals surface area contributed by atoms with Crippen LogP contribution in [0.1, 0.15) is 60.5 Å². The van der Waals surface area contributed by atoms with Crippen LogP contribution in [0.15, 0.2) is 101 Å². The Hall–Kier alpha value is -2.85. The van der Waals surface area contributed by atoms with E-state index in [0.29, 0.717) is 11.5 Å². The number of benzene rings is 1. The second kappa shape index (κ2) is 15.1. The highest BCUT2D eigenvalue weighted by molar-refractivity contribution is 5.60. The second-order valence-corrected chi connectivity index (χ2v) is 7.33. The zero-order valence-electron chi connectivity index (χ0n) is 20.0. The summed E-state index contributed by atoms with van der Waals surface area (Å²) in [5.41, 5.74) is 7.37. The van der Waals surface area contributed by atoms with Gasteiger partial charge in [0.1, 0.15) is 0 Å². The molecule has 0 N–H and O–H groups in total. The first-order valence-corrected chi connectivity index (χ1v) is 10.9. The molecule has 0 heterocycles. The molecule has 0 amide bonds. The third-order valence-corrected chi connectivity index (χ3v) is 4.71. The van der Waals surface area contributed by atoms with E-state index in [-0.39, 0.29) is 0 Å². The molecule has 0 fully saturated rings. The summed E-state index contributed by atoms with van der Waals surface area (Å²) in [6, 6.07) is 12.6. The molecule has 0 aromatic heterocycles. The highest BCUT2D eigenvalue weighted by Gasteiger charge is 2.15. The first-order valence-electron chi connectivity index (χ1n) is 10.9. The molecule has 30 heavy (non-hydrogen) atoms. The van der Waals surface area contributed by atoms with Crippen molar-refractivity contribution < 1.29 is 0 Å². The van der Waals surface area contributed by atoms with E-state index in [1.54, 1.807) is 0 Å². The predicted molar refractivity (Wildman–Crippen MR) is 134 cm³/mol. The van der Waals surface area contributed by atoms with Crippen LogP contribution in [0, 0.1) is 17.2 Å². The van der Waals surface area contributed by atoms with Gasteiger partial charge in [-0.25, -0.2) is 0 Å². The zero-order valence-corrected chi connectivity index (χ0v) is 20.0. The highest BCUT2D eigenvalue weighted by atomic mass is 14.3. The standard InChI is InChI=1S/C19H23N.C8H10.C2H6/c1-13(2)19(14(3)4)18(16(6)12-20)11-15(5)17-9-7-8-10-17;1-2-8-6-4-3-5-7-8;1-2/h7-9,11,15H,1,6,10H2,2-5H3;3-7H,2H2,1H3;1-2H3/b18-11-;;. The normalized spacial score (nSPS) is 12.9. The van der Waals surface area contributed by atoms with E-state index >= 15 is 0 Å². The van der Waals surface area contributed by atoms with Crippen LogP contribution in [0.5, 0.6) is 0 Å². The Morgan fingerprint density at radius 1 is 1.13 bits per heavy atom. The van der Waals surface area contributed by atoms with Crippen molar-refractivity contribution in [1.29, 1.82) is 5.26 Å². The summed E-state index contributed by atoms with van der Waals surface area (Å²) < 4.78 is 0. The van der Waals surface area contributed by atoms with Crippen molar-refractivity contribution in [2.45, 2.75) is 61.3 Å².